The number of hydrogen-bond donors (Lipinski definition) is 1. The van der Waals surface area contributed by atoms with Crippen LogP contribution in [0, 0.1) is 17.0 Å². The molecule has 0 unspecified atom stereocenters. The predicted molar refractivity (Wildman–Crippen MR) is 105 cm³/mol. The van der Waals surface area contributed by atoms with Gasteiger partial charge in [0.25, 0.3) is 5.69 Å². The Kier molecular flexibility index (Phi) is 6.09. The number of aromatic nitrogens is 1. The van der Waals surface area contributed by atoms with E-state index in [1.165, 1.54) is 16.4 Å². The molecule has 1 N–H and O–H groups in total. The lowest BCUT2D eigenvalue weighted by Gasteiger charge is -2.34. The standard InChI is InChI=1S/C18H21N5O5S/c1-14-4-5-16(23(25)26)11-17(14)29(27,28)22-9-7-21(8-10-22)18(24)20-13-15-3-2-6-19-12-15/h2-6,11-12H,7-10,13H2,1H3,(H,20,24). The van der Waals surface area contributed by atoms with Crippen molar-refractivity contribution in [2.75, 3.05) is 26.2 Å². The first-order valence-electron chi connectivity index (χ1n) is 8.96. The molecule has 3 rings (SSSR count). The minimum absolute atomic E-state index is 0.0822. The highest BCUT2D eigenvalue weighted by atomic mass is 32.2. The lowest BCUT2D eigenvalue weighted by Crippen LogP contribution is -2.53. The summed E-state index contributed by atoms with van der Waals surface area (Å²) >= 11 is 0. The first kappa shape index (κ1) is 20.7. The average molecular weight is 419 g/mol. The molecule has 10 nitrogen and oxygen atoms in total. The van der Waals surface area contributed by atoms with Crippen molar-refractivity contribution >= 4 is 21.7 Å². The SMILES string of the molecule is Cc1ccc([N+](=O)[O-])cc1S(=O)(=O)N1CCN(C(=O)NCc2cccnc2)CC1. The van der Waals surface area contributed by atoms with Crippen LogP contribution in [0.5, 0.6) is 0 Å². The molecule has 154 valence electrons. The van der Waals surface area contributed by atoms with Crippen LogP contribution >= 0.6 is 0 Å². The van der Waals surface area contributed by atoms with Crippen molar-refractivity contribution < 1.29 is 18.1 Å². The van der Waals surface area contributed by atoms with E-state index in [0.29, 0.717) is 12.1 Å². The topological polar surface area (TPSA) is 126 Å². The zero-order chi connectivity index (χ0) is 21.0. The number of rotatable bonds is 5. The number of urea groups is 1. The number of nitrogens with one attached hydrogen (secondary N) is 1. The fourth-order valence-corrected chi connectivity index (χ4v) is 4.71. The highest BCUT2D eigenvalue weighted by Gasteiger charge is 2.32. The van der Waals surface area contributed by atoms with E-state index >= 15 is 0 Å². The van der Waals surface area contributed by atoms with Crippen molar-refractivity contribution in [3.8, 4) is 0 Å². The molecule has 2 heterocycles. The maximum Gasteiger partial charge on any atom is 0.317 e. The van der Waals surface area contributed by atoms with Crippen molar-refractivity contribution in [3.05, 3.63) is 64.0 Å². The number of benzene rings is 1. The van der Waals surface area contributed by atoms with Crippen LogP contribution in [0.15, 0.2) is 47.6 Å². The van der Waals surface area contributed by atoms with Crippen molar-refractivity contribution in [2.45, 2.75) is 18.4 Å². The third-order valence-electron chi connectivity index (χ3n) is 4.69. The summed E-state index contributed by atoms with van der Waals surface area (Å²) in [5, 5.41) is 13.8. The van der Waals surface area contributed by atoms with E-state index in [-0.39, 0.29) is 42.8 Å². The number of nitrogens with zero attached hydrogens (tertiary/aromatic N) is 4. The Morgan fingerprint density at radius 2 is 1.97 bits per heavy atom. The van der Waals surface area contributed by atoms with Gasteiger partial charge in [0.1, 0.15) is 0 Å². The highest BCUT2D eigenvalue weighted by molar-refractivity contribution is 7.89. The van der Waals surface area contributed by atoms with Crippen molar-refractivity contribution in [1.29, 1.82) is 0 Å². The molecular weight excluding hydrogens is 398 g/mol. The Hall–Kier alpha value is -3.05. The zero-order valence-corrected chi connectivity index (χ0v) is 16.6. The summed E-state index contributed by atoms with van der Waals surface area (Å²) in [7, 11) is -3.89. The second-order valence-electron chi connectivity index (χ2n) is 6.62. The summed E-state index contributed by atoms with van der Waals surface area (Å²) < 4.78 is 27.1. The number of non-ortho nitro benzene ring substituents is 1. The summed E-state index contributed by atoms with van der Waals surface area (Å²) in [6, 6.07) is 7.13. The van der Waals surface area contributed by atoms with Crippen LogP contribution < -0.4 is 5.32 Å². The molecule has 0 saturated carbocycles. The van der Waals surface area contributed by atoms with Gasteiger partial charge in [-0.3, -0.25) is 15.1 Å². The normalized spacial score (nSPS) is 15.1. The number of carbonyl (C=O) groups is 1. The number of nitro benzene ring substituents is 1. The van der Waals surface area contributed by atoms with Crippen molar-refractivity contribution in [3.63, 3.8) is 0 Å². The van der Waals surface area contributed by atoms with Gasteiger partial charge in [-0.25, -0.2) is 13.2 Å². The van der Waals surface area contributed by atoms with Gasteiger partial charge in [0.05, 0.1) is 9.82 Å². The van der Waals surface area contributed by atoms with E-state index in [0.717, 1.165) is 11.6 Å². The fourth-order valence-electron chi connectivity index (χ4n) is 3.04. The molecule has 1 saturated heterocycles. The van der Waals surface area contributed by atoms with Crippen molar-refractivity contribution in [2.24, 2.45) is 0 Å². The lowest BCUT2D eigenvalue weighted by molar-refractivity contribution is -0.385. The Labute approximate surface area is 168 Å². The molecule has 1 fully saturated rings. The quantitative estimate of drug-likeness (QED) is 0.578. The third-order valence-corrected chi connectivity index (χ3v) is 6.73. The van der Waals surface area contributed by atoms with Gasteiger partial charge in [-0.2, -0.15) is 4.31 Å². The highest BCUT2D eigenvalue weighted by Crippen LogP contribution is 2.25. The fraction of sp³-hybridized carbons (Fsp3) is 0.333. The van der Waals surface area contributed by atoms with Gasteiger partial charge in [-0.15, -0.1) is 0 Å². The van der Waals surface area contributed by atoms with Crippen LogP contribution in [-0.4, -0.2) is 59.7 Å². The predicted octanol–water partition coefficient (Wildman–Crippen LogP) is 1.51. The average Bonchev–Trinajstić information content (AvgIpc) is 2.73. The number of hydrogen-bond acceptors (Lipinski definition) is 6. The van der Waals surface area contributed by atoms with E-state index in [1.54, 1.807) is 30.3 Å². The minimum atomic E-state index is -3.89. The van der Waals surface area contributed by atoms with Crippen LogP contribution in [0.2, 0.25) is 0 Å². The maximum absolute atomic E-state index is 12.9. The molecular formula is C18H21N5O5S. The number of piperazine rings is 1. The summed E-state index contributed by atoms with van der Waals surface area (Å²) in [6.45, 7) is 2.62. The molecule has 1 aliphatic rings. The zero-order valence-electron chi connectivity index (χ0n) is 15.8. The largest absolute Gasteiger partial charge is 0.334 e. The summed E-state index contributed by atoms with van der Waals surface area (Å²) in [6.07, 6.45) is 3.31. The molecule has 0 aliphatic carbocycles. The van der Waals surface area contributed by atoms with Gasteiger partial charge in [0, 0.05) is 57.3 Å². The number of sulfonamides is 1. The van der Waals surface area contributed by atoms with Crippen molar-refractivity contribution in [1.82, 2.24) is 19.5 Å². The Bertz CT molecular complexity index is 1000. The second kappa shape index (κ2) is 8.53. The number of pyridine rings is 1. The molecule has 29 heavy (non-hydrogen) atoms. The Morgan fingerprint density at radius 1 is 1.24 bits per heavy atom. The lowest BCUT2D eigenvalue weighted by atomic mass is 10.2. The molecule has 0 bridgehead atoms. The number of nitro groups is 1. The maximum atomic E-state index is 12.9. The van der Waals surface area contributed by atoms with Crippen LogP contribution in [0.1, 0.15) is 11.1 Å². The van der Waals surface area contributed by atoms with Gasteiger partial charge in [0.2, 0.25) is 10.0 Å². The van der Waals surface area contributed by atoms with E-state index in [1.807, 2.05) is 6.07 Å². The van der Waals surface area contributed by atoms with Crippen LogP contribution in [0.25, 0.3) is 0 Å². The molecule has 2 aromatic rings. The molecule has 1 aliphatic heterocycles. The second-order valence-corrected chi connectivity index (χ2v) is 8.52. The molecule has 2 amide bonds. The van der Waals surface area contributed by atoms with E-state index in [4.69, 9.17) is 0 Å². The molecule has 11 heteroatoms. The van der Waals surface area contributed by atoms with Gasteiger partial charge in [0.15, 0.2) is 0 Å². The van der Waals surface area contributed by atoms with E-state index < -0.39 is 14.9 Å². The van der Waals surface area contributed by atoms with Gasteiger partial charge < -0.3 is 10.2 Å². The Morgan fingerprint density at radius 3 is 2.59 bits per heavy atom. The number of aryl methyl sites for hydroxylation is 1. The third kappa shape index (κ3) is 4.69. The molecule has 0 radical (unpaired) electrons. The van der Waals surface area contributed by atoms with Crippen LogP contribution in [-0.2, 0) is 16.6 Å². The van der Waals surface area contributed by atoms with E-state index in [9.17, 15) is 23.3 Å². The molecule has 0 atom stereocenters. The van der Waals surface area contributed by atoms with Gasteiger partial charge in [-0.05, 0) is 24.1 Å². The van der Waals surface area contributed by atoms with Crippen LogP contribution in [0.3, 0.4) is 0 Å². The Balaban J connectivity index is 1.63. The first-order valence-corrected chi connectivity index (χ1v) is 10.4. The first-order chi connectivity index (χ1) is 13.8. The summed E-state index contributed by atoms with van der Waals surface area (Å²) in [5.74, 6) is 0. The number of carbonyl (C=O) groups excluding carboxylic acids is 1. The van der Waals surface area contributed by atoms with Crippen LogP contribution in [0.4, 0.5) is 10.5 Å². The molecule has 1 aromatic heterocycles. The minimum Gasteiger partial charge on any atom is -0.334 e. The smallest absolute Gasteiger partial charge is 0.317 e. The number of amides is 2. The summed E-state index contributed by atoms with van der Waals surface area (Å²) in [5.41, 5.74) is 1.03. The molecule has 0 spiro atoms. The van der Waals surface area contributed by atoms with Gasteiger partial charge >= 0.3 is 6.03 Å². The molecule has 1 aromatic carbocycles. The van der Waals surface area contributed by atoms with Gasteiger partial charge in [-0.1, -0.05) is 12.1 Å². The monoisotopic (exact) mass is 419 g/mol. The summed E-state index contributed by atoms with van der Waals surface area (Å²) in [4.78, 5) is 28.1. The van der Waals surface area contributed by atoms with E-state index in [2.05, 4.69) is 10.3 Å².